The lowest BCUT2D eigenvalue weighted by Gasteiger charge is -2.09. The number of nitrogens with two attached hydrogens (primary N) is 1. The first-order valence-electron chi connectivity index (χ1n) is 4.41. The van der Waals surface area contributed by atoms with Gasteiger partial charge in [-0.3, -0.25) is 0 Å². The highest BCUT2D eigenvalue weighted by Gasteiger charge is 2.19. The molecule has 3 nitrogen and oxygen atoms in total. The molecule has 0 atom stereocenters. The number of hydrogen-bond acceptors (Lipinski definition) is 3. The Kier molecular flexibility index (Phi) is 3.05. The number of nitrogen functional groups attached to an aromatic ring is 1. The summed E-state index contributed by atoms with van der Waals surface area (Å²) in [5, 5.41) is 0. The summed E-state index contributed by atoms with van der Waals surface area (Å²) in [5.74, 6) is 0. The van der Waals surface area contributed by atoms with Crippen molar-refractivity contribution in [3.05, 3.63) is 34.5 Å². The van der Waals surface area contributed by atoms with Gasteiger partial charge in [0.1, 0.15) is 0 Å². The molecule has 0 saturated carbocycles. The molecule has 1 aromatic rings. The van der Waals surface area contributed by atoms with Crippen LogP contribution in [0.3, 0.4) is 0 Å². The summed E-state index contributed by atoms with van der Waals surface area (Å²) >= 11 is 3.40. The average Bonchev–Trinajstić information content (AvgIpc) is 2.64. The Hall–Kier alpha value is -0.580. The van der Waals surface area contributed by atoms with Crippen molar-refractivity contribution in [3.63, 3.8) is 0 Å². The maximum absolute atomic E-state index is 5.82. The maximum atomic E-state index is 5.82. The standard InChI is InChI=1S/C10H11BrNO2/c11-8-1-2-9(12)7(5-8)6-10-13-3-4-14-10/h1-2,5H,3-4,6,12H2. The predicted octanol–water partition coefficient (Wildman–Crippen LogP) is 2.11. The molecule has 14 heavy (non-hydrogen) atoms. The van der Waals surface area contributed by atoms with E-state index in [0.29, 0.717) is 25.9 Å². The third-order valence-electron chi connectivity index (χ3n) is 2.05. The third kappa shape index (κ3) is 2.26. The first-order valence-corrected chi connectivity index (χ1v) is 5.20. The number of hydrogen-bond donors (Lipinski definition) is 1. The van der Waals surface area contributed by atoms with Crippen LogP contribution in [0, 0.1) is 6.29 Å². The van der Waals surface area contributed by atoms with Crippen molar-refractivity contribution in [2.45, 2.75) is 6.42 Å². The van der Waals surface area contributed by atoms with Crippen LogP contribution in [0.5, 0.6) is 0 Å². The van der Waals surface area contributed by atoms with Gasteiger partial charge in [0.05, 0.1) is 13.2 Å². The first kappa shape index (κ1) is 9.96. The van der Waals surface area contributed by atoms with E-state index >= 15 is 0 Å². The zero-order chi connectivity index (χ0) is 9.97. The molecule has 0 aliphatic carbocycles. The second-order valence-electron chi connectivity index (χ2n) is 3.09. The topological polar surface area (TPSA) is 44.5 Å². The van der Waals surface area contributed by atoms with Gasteiger partial charge in [0.25, 0.3) is 0 Å². The number of ether oxygens (including phenoxy) is 2. The molecular weight excluding hydrogens is 246 g/mol. The van der Waals surface area contributed by atoms with Crippen LogP contribution in [0.1, 0.15) is 5.56 Å². The second kappa shape index (κ2) is 4.29. The van der Waals surface area contributed by atoms with E-state index in [0.717, 1.165) is 15.7 Å². The number of halogens is 1. The molecule has 0 amide bonds. The summed E-state index contributed by atoms with van der Waals surface area (Å²) < 4.78 is 11.6. The van der Waals surface area contributed by atoms with Gasteiger partial charge in [-0.1, -0.05) is 15.9 Å². The lowest BCUT2D eigenvalue weighted by Crippen LogP contribution is -2.04. The van der Waals surface area contributed by atoms with Crippen molar-refractivity contribution in [1.29, 1.82) is 0 Å². The Morgan fingerprint density at radius 2 is 2.00 bits per heavy atom. The molecule has 2 rings (SSSR count). The zero-order valence-corrected chi connectivity index (χ0v) is 9.21. The van der Waals surface area contributed by atoms with Gasteiger partial charge in [-0.2, -0.15) is 0 Å². The van der Waals surface area contributed by atoms with Crippen molar-refractivity contribution < 1.29 is 9.47 Å². The van der Waals surface area contributed by atoms with Gasteiger partial charge in [-0.05, 0) is 23.8 Å². The van der Waals surface area contributed by atoms with E-state index in [1.165, 1.54) is 0 Å². The highest BCUT2D eigenvalue weighted by Crippen LogP contribution is 2.24. The Morgan fingerprint density at radius 1 is 1.29 bits per heavy atom. The lowest BCUT2D eigenvalue weighted by molar-refractivity contribution is 0.0717. The van der Waals surface area contributed by atoms with E-state index in [1.807, 2.05) is 18.2 Å². The summed E-state index contributed by atoms with van der Waals surface area (Å²) in [4.78, 5) is 0. The van der Waals surface area contributed by atoms with Crippen molar-refractivity contribution in [3.8, 4) is 0 Å². The first-order chi connectivity index (χ1) is 6.75. The SMILES string of the molecule is Nc1ccc(Br)cc1C[C]1OCCO1. The van der Waals surface area contributed by atoms with E-state index in [-0.39, 0.29) is 0 Å². The minimum absolute atomic E-state index is 0.630. The van der Waals surface area contributed by atoms with Crippen LogP contribution in [0.4, 0.5) is 5.69 Å². The van der Waals surface area contributed by atoms with E-state index in [2.05, 4.69) is 15.9 Å². The maximum Gasteiger partial charge on any atom is 0.228 e. The van der Waals surface area contributed by atoms with Crippen LogP contribution in [0.2, 0.25) is 0 Å². The molecule has 0 unspecified atom stereocenters. The molecule has 2 N–H and O–H groups in total. The van der Waals surface area contributed by atoms with Crippen molar-refractivity contribution >= 4 is 21.6 Å². The predicted molar refractivity (Wildman–Crippen MR) is 57.4 cm³/mol. The normalized spacial score (nSPS) is 17.5. The zero-order valence-electron chi connectivity index (χ0n) is 7.63. The van der Waals surface area contributed by atoms with Crippen molar-refractivity contribution in [2.24, 2.45) is 0 Å². The Bertz CT molecular complexity index is 324. The van der Waals surface area contributed by atoms with Gasteiger partial charge in [0.2, 0.25) is 6.29 Å². The highest BCUT2D eigenvalue weighted by molar-refractivity contribution is 9.10. The van der Waals surface area contributed by atoms with Gasteiger partial charge in [-0.25, -0.2) is 0 Å². The lowest BCUT2D eigenvalue weighted by atomic mass is 10.1. The number of rotatable bonds is 2. The van der Waals surface area contributed by atoms with Gasteiger partial charge < -0.3 is 15.2 Å². The Balaban J connectivity index is 2.10. The number of anilines is 1. The Morgan fingerprint density at radius 3 is 2.71 bits per heavy atom. The van der Waals surface area contributed by atoms with E-state index in [4.69, 9.17) is 15.2 Å². The van der Waals surface area contributed by atoms with Crippen LogP contribution >= 0.6 is 15.9 Å². The van der Waals surface area contributed by atoms with Crippen LogP contribution in [-0.4, -0.2) is 13.2 Å². The molecule has 0 aromatic heterocycles. The summed E-state index contributed by atoms with van der Waals surface area (Å²) in [6.07, 6.45) is 1.29. The molecule has 1 radical (unpaired) electrons. The summed E-state index contributed by atoms with van der Waals surface area (Å²) in [6.45, 7) is 1.28. The molecule has 1 heterocycles. The second-order valence-corrected chi connectivity index (χ2v) is 4.00. The van der Waals surface area contributed by atoms with Crippen LogP contribution in [0.25, 0.3) is 0 Å². The largest absolute Gasteiger partial charge is 0.399 e. The fourth-order valence-corrected chi connectivity index (χ4v) is 1.75. The molecule has 1 aromatic carbocycles. The van der Waals surface area contributed by atoms with Crippen LogP contribution in [0.15, 0.2) is 22.7 Å². The van der Waals surface area contributed by atoms with Gasteiger partial charge in [0, 0.05) is 16.6 Å². The van der Waals surface area contributed by atoms with Crippen molar-refractivity contribution in [2.75, 3.05) is 18.9 Å². The molecule has 0 spiro atoms. The number of benzene rings is 1. The van der Waals surface area contributed by atoms with Crippen LogP contribution in [-0.2, 0) is 15.9 Å². The molecule has 75 valence electrons. The smallest absolute Gasteiger partial charge is 0.228 e. The Labute approximate surface area is 91.3 Å². The van der Waals surface area contributed by atoms with Gasteiger partial charge in [0.15, 0.2) is 0 Å². The van der Waals surface area contributed by atoms with E-state index in [9.17, 15) is 0 Å². The fraction of sp³-hybridized carbons (Fsp3) is 0.300. The quantitative estimate of drug-likeness (QED) is 0.825. The molecule has 1 aliphatic rings. The molecule has 1 aliphatic heterocycles. The third-order valence-corrected chi connectivity index (χ3v) is 2.54. The van der Waals surface area contributed by atoms with E-state index < -0.39 is 0 Å². The molecular formula is C10H11BrNO2. The highest BCUT2D eigenvalue weighted by atomic mass is 79.9. The van der Waals surface area contributed by atoms with E-state index in [1.54, 1.807) is 0 Å². The molecule has 0 bridgehead atoms. The van der Waals surface area contributed by atoms with Gasteiger partial charge >= 0.3 is 0 Å². The average molecular weight is 257 g/mol. The van der Waals surface area contributed by atoms with Gasteiger partial charge in [-0.15, -0.1) is 0 Å². The summed E-state index contributed by atoms with van der Waals surface area (Å²) in [6, 6.07) is 5.77. The van der Waals surface area contributed by atoms with Crippen molar-refractivity contribution in [1.82, 2.24) is 0 Å². The monoisotopic (exact) mass is 256 g/mol. The van der Waals surface area contributed by atoms with Crippen LogP contribution < -0.4 is 5.73 Å². The molecule has 1 saturated heterocycles. The minimum atomic E-state index is 0.630. The molecule has 4 heteroatoms. The summed E-state index contributed by atoms with van der Waals surface area (Å²) in [5.41, 5.74) is 7.61. The fourth-order valence-electron chi connectivity index (χ4n) is 1.34. The molecule has 1 fully saturated rings. The minimum Gasteiger partial charge on any atom is -0.399 e. The summed E-state index contributed by atoms with van der Waals surface area (Å²) in [7, 11) is 0.